The van der Waals surface area contributed by atoms with Crippen LogP contribution >= 0.6 is 0 Å². The van der Waals surface area contributed by atoms with E-state index in [1.165, 1.54) is 0 Å². The molecule has 1 aliphatic carbocycles. The highest BCUT2D eigenvalue weighted by atomic mass is 16.3. The number of carbonyl (C=O) groups excluding carboxylic acids is 2. The minimum absolute atomic E-state index is 0.00371. The first-order chi connectivity index (χ1) is 13.0. The van der Waals surface area contributed by atoms with Crippen LogP contribution in [-0.4, -0.2) is 63.5 Å². The number of carbonyl (C=O) groups is 2. The summed E-state index contributed by atoms with van der Waals surface area (Å²) < 4.78 is 0. The molecule has 1 aromatic rings. The number of aromatic nitrogens is 1. The van der Waals surface area contributed by atoms with Crippen LogP contribution in [0.1, 0.15) is 61.6 Å². The van der Waals surface area contributed by atoms with E-state index in [4.69, 9.17) is 0 Å². The third kappa shape index (κ3) is 3.51. The number of piperidine rings is 2. The SMILES string of the molecule is CCc1ccc(C(=O)N2CC[C@@]3(O)CCN(C(=O)C4CCCC4)C[C@H]3C2)[nH]1. The fourth-order valence-corrected chi connectivity index (χ4v) is 5.06. The minimum Gasteiger partial charge on any atom is -0.389 e. The van der Waals surface area contributed by atoms with Gasteiger partial charge in [-0.15, -0.1) is 0 Å². The summed E-state index contributed by atoms with van der Waals surface area (Å²) in [5, 5.41) is 11.1. The van der Waals surface area contributed by atoms with Gasteiger partial charge in [0.1, 0.15) is 5.69 Å². The van der Waals surface area contributed by atoms with Crippen molar-refractivity contribution in [2.24, 2.45) is 11.8 Å². The maximum atomic E-state index is 12.9. The Labute approximate surface area is 160 Å². The van der Waals surface area contributed by atoms with Gasteiger partial charge in [-0.3, -0.25) is 9.59 Å². The first-order valence-corrected chi connectivity index (χ1v) is 10.5. The van der Waals surface area contributed by atoms with Crippen molar-refractivity contribution in [3.63, 3.8) is 0 Å². The van der Waals surface area contributed by atoms with Gasteiger partial charge < -0.3 is 19.9 Å². The van der Waals surface area contributed by atoms with Gasteiger partial charge in [0.05, 0.1) is 5.60 Å². The molecule has 4 rings (SSSR count). The molecule has 3 fully saturated rings. The molecule has 0 radical (unpaired) electrons. The number of hydrogen-bond acceptors (Lipinski definition) is 3. The second-order valence-corrected chi connectivity index (χ2v) is 8.57. The van der Waals surface area contributed by atoms with E-state index in [0.717, 1.165) is 37.8 Å². The molecular weight excluding hydrogens is 342 g/mol. The van der Waals surface area contributed by atoms with E-state index in [0.29, 0.717) is 44.7 Å². The number of nitrogens with zero attached hydrogens (tertiary/aromatic N) is 2. The van der Waals surface area contributed by atoms with Crippen molar-refractivity contribution in [1.29, 1.82) is 0 Å². The van der Waals surface area contributed by atoms with E-state index in [2.05, 4.69) is 11.9 Å². The van der Waals surface area contributed by atoms with Crippen LogP contribution in [0.2, 0.25) is 0 Å². The van der Waals surface area contributed by atoms with Gasteiger partial charge in [-0.25, -0.2) is 0 Å². The fraction of sp³-hybridized carbons (Fsp3) is 0.714. The first kappa shape index (κ1) is 18.5. The molecule has 2 saturated heterocycles. The van der Waals surface area contributed by atoms with Crippen molar-refractivity contribution in [1.82, 2.24) is 14.8 Å². The Hall–Kier alpha value is -1.82. The summed E-state index contributed by atoms with van der Waals surface area (Å²) in [6.45, 7) is 4.36. The molecule has 1 saturated carbocycles. The molecule has 27 heavy (non-hydrogen) atoms. The van der Waals surface area contributed by atoms with Crippen molar-refractivity contribution in [3.8, 4) is 0 Å². The van der Waals surface area contributed by atoms with Crippen LogP contribution in [0.15, 0.2) is 12.1 Å². The zero-order valence-electron chi connectivity index (χ0n) is 16.2. The van der Waals surface area contributed by atoms with Crippen molar-refractivity contribution < 1.29 is 14.7 Å². The highest BCUT2D eigenvalue weighted by Gasteiger charge is 2.47. The second kappa shape index (κ2) is 7.30. The Morgan fingerprint density at radius 1 is 1.15 bits per heavy atom. The zero-order chi connectivity index (χ0) is 19.0. The maximum Gasteiger partial charge on any atom is 0.270 e. The van der Waals surface area contributed by atoms with Crippen molar-refractivity contribution in [2.75, 3.05) is 26.2 Å². The van der Waals surface area contributed by atoms with Crippen molar-refractivity contribution in [2.45, 2.75) is 57.5 Å². The summed E-state index contributed by atoms with van der Waals surface area (Å²) >= 11 is 0. The van der Waals surface area contributed by atoms with Crippen LogP contribution in [0.5, 0.6) is 0 Å². The average molecular weight is 373 g/mol. The number of amides is 2. The minimum atomic E-state index is -0.743. The number of nitrogens with one attached hydrogen (secondary N) is 1. The molecular formula is C21H31N3O3. The molecule has 6 heteroatoms. The Morgan fingerprint density at radius 3 is 2.48 bits per heavy atom. The van der Waals surface area contributed by atoms with E-state index in [1.807, 2.05) is 21.9 Å². The molecule has 3 heterocycles. The van der Waals surface area contributed by atoms with Crippen LogP contribution in [0, 0.1) is 11.8 Å². The molecule has 0 spiro atoms. The molecule has 1 aromatic heterocycles. The normalized spacial score (nSPS) is 29.0. The summed E-state index contributed by atoms with van der Waals surface area (Å²) in [7, 11) is 0. The standard InChI is InChI=1S/C21H31N3O3/c1-2-17-7-8-18(22-17)20(26)24-12-10-21(27)9-11-23(13-16(21)14-24)19(25)15-5-3-4-6-15/h7-8,15-16,22,27H,2-6,9-14H2,1H3/t16-,21-/m0/s1. The predicted molar refractivity (Wildman–Crippen MR) is 102 cm³/mol. The van der Waals surface area contributed by atoms with Gasteiger partial charge in [-0.05, 0) is 44.2 Å². The highest BCUT2D eigenvalue weighted by molar-refractivity contribution is 5.92. The topological polar surface area (TPSA) is 76.6 Å². The van der Waals surface area contributed by atoms with Crippen LogP contribution in [0.3, 0.4) is 0 Å². The molecule has 0 unspecified atom stereocenters. The number of aryl methyl sites for hydroxylation is 1. The maximum absolute atomic E-state index is 12.9. The van der Waals surface area contributed by atoms with E-state index in [-0.39, 0.29) is 23.7 Å². The molecule has 2 aliphatic heterocycles. The van der Waals surface area contributed by atoms with E-state index in [9.17, 15) is 14.7 Å². The monoisotopic (exact) mass is 373 g/mol. The lowest BCUT2D eigenvalue weighted by molar-refractivity contribution is -0.148. The molecule has 148 valence electrons. The average Bonchev–Trinajstić information content (AvgIpc) is 3.37. The van der Waals surface area contributed by atoms with Gasteiger partial charge in [-0.1, -0.05) is 19.8 Å². The second-order valence-electron chi connectivity index (χ2n) is 8.57. The summed E-state index contributed by atoms with van der Waals surface area (Å²) in [5.74, 6) is 0.366. The van der Waals surface area contributed by atoms with Crippen LogP contribution in [0.25, 0.3) is 0 Å². The number of aromatic amines is 1. The van der Waals surface area contributed by atoms with Crippen LogP contribution in [-0.2, 0) is 11.2 Å². The van der Waals surface area contributed by atoms with Crippen LogP contribution in [0.4, 0.5) is 0 Å². The number of likely N-dealkylation sites (tertiary alicyclic amines) is 2. The third-order valence-electron chi connectivity index (χ3n) is 6.93. The lowest BCUT2D eigenvalue weighted by Gasteiger charge is -2.50. The lowest BCUT2D eigenvalue weighted by Crippen LogP contribution is -2.61. The smallest absolute Gasteiger partial charge is 0.270 e. The number of hydrogen-bond donors (Lipinski definition) is 2. The van der Waals surface area contributed by atoms with Gasteiger partial charge in [-0.2, -0.15) is 0 Å². The Bertz CT molecular complexity index is 709. The number of H-pyrrole nitrogens is 1. The molecule has 0 aromatic carbocycles. The van der Waals surface area contributed by atoms with Gasteiger partial charge >= 0.3 is 0 Å². The first-order valence-electron chi connectivity index (χ1n) is 10.5. The van der Waals surface area contributed by atoms with E-state index in [1.54, 1.807) is 0 Å². The number of fused-ring (bicyclic) bond motifs is 1. The molecule has 3 aliphatic rings. The quantitative estimate of drug-likeness (QED) is 0.853. The molecule has 0 bridgehead atoms. The van der Waals surface area contributed by atoms with Gasteiger partial charge in [0.2, 0.25) is 5.91 Å². The number of aliphatic hydroxyl groups is 1. The highest BCUT2D eigenvalue weighted by Crippen LogP contribution is 2.37. The van der Waals surface area contributed by atoms with Gasteiger partial charge in [0.25, 0.3) is 5.91 Å². The number of rotatable bonds is 3. The van der Waals surface area contributed by atoms with Crippen LogP contribution < -0.4 is 0 Å². The molecule has 2 N–H and O–H groups in total. The zero-order valence-corrected chi connectivity index (χ0v) is 16.2. The summed E-state index contributed by atoms with van der Waals surface area (Å²) in [4.78, 5) is 32.7. The van der Waals surface area contributed by atoms with Crippen molar-refractivity contribution in [3.05, 3.63) is 23.5 Å². The Kier molecular flexibility index (Phi) is 5.01. The third-order valence-corrected chi connectivity index (χ3v) is 6.93. The molecule has 6 nitrogen and oxygen atoms in total. The lowest BCUT2D eigenvalue weighted by atomic mass is 9.75. The Balaban J connectivity index is 1.43. The van der Waals surface area contributed by atoms with Gasteiger partial charge in [0, 0.05) is 43.7 Å². The molecule has 2 amide bonds. The Morgan fingerprint density at radius 2 is 1.81 bits per heavy atom. The summed E-state index contributed by atoms with van der Waals surface area (Å²) in [6.07, 6.45) is 6.39. The van der Waals surface area contributed by atoms with E-state index < -0.39 is 5.60 Å². The van der Waals surface area contributed by atoms with E-state index >= 15 is 0 Å². The summed E-state index contributed by atoms with van der Waals surface area (Å²) in [5.41, 5.74) is 0.929. The fourth-order valence-electron chi connectivity index (χ4n) is 5.06. The largest absolute Gasteiger partial charge is 0.389 e. The predicted octanol–water partition coefficient (Wildman–Crippen LogP) is 2.19. The van der Waals surface area contributed by atoms with Crippen molar-refractivity contribution >= 4 is 11.8 Å². The summed E-state index contributed by atoms with van der Waals surface area (Å²) in [6, 6.07) is 3.80. The van der Waals surface area contributed by atoms with Gasteiger partial charge in [0.15, 0.2) is 0 Å². The molecule has 2 atom stereocenters.